The van der Waals surface area contributed by atoms with Crippen LogP contribution in [0, 0.1) is 0 Å². The monoisotopic (exact) mass is 419 g/mol. The molecule has 0 aliphatic rings. The van der Waals surface area contributed by atoms with E-state index in [0.29, 0.717) is 17.3 Å². The lowest BCUT2D eigenvalue weighted by Crippen LogP contribution is -2.39. The lowest BCUT2D eigenvalue weighted by molar-refractivity contribution is -0.137. The summed E-state index contributed by atoms with van der Waals surface area (Å²) in [5.41, 5.74) is 1.91. The number of fused-ring (bicyclic) bond motifs is 1. The van der Waals surface area contributed by atoms with E-state index < -0.39 is 11.7 Å². The summed E-state index contributed by atoms with van der Waals surface area (Å²) in [6.45, 7) is 7.54. The molecule has 7 heteroatoms. The number of hydrogen-bond acceptors (Lipinski definition) is 1. The summed E-state index contributed by atoms with van der Waals surface area (Å²) in [5.74, 6) is 0. The van der Waals surface area contributed by atoms with Crippen LogP contribution in [0.3, 0.4) is 0 Å². The van der Waals surface area contributed by atoms with Crippen molar-refractivity contribution in [2.24, 2.45) is 0 Å². The van der Waals surface area contributed by atoms with Crippen molar-refractivity contribution in [1.29, 1.82) is 0 Å². The van der Waals surface area contributed by atoms with Crippen LogP contribution in [0.5, 0.6) is 0 Å². The molecular weight excluding hydrogens is 395 g/mol. The van der Waals surface area contributed by atoms with Gasteiger partial charge in [0.2, 0.25) is 0 Å². The van der Waals surface area contributed by atoms with Gasteiger partial charge in [-0.1, -0.05) is 24.3 Å². The third-order valence-electron chi connectivity index (χ3n) is 4.88. The van der Waals surface area contributed by atoms with E-state index in [1.165, 1.54) is 6.07 Å². The standard InChI is InChI=1S/C22H24F3N3S/c1-4-27-13-16(19-10-5-6-11-20(19)27)14-28(15(2)3)21(29)26-18-9-7-8-17(12-18)22(23,24)25/h5-13,15H,4,14H2,1-3H3,(H,26,29). The van der Waals surface area contributed by atoms with Gasteiger partial charge in [-0.2, -0.15) is 13.2 Å². The maximum absolute atomic E-state index is 13.0. The first-order valence-corrected chi connectivity index (χ1v) is 9.93. The highest BCUT2D eigenvalue weighted by molar-refractivity contribution is 7.80. The van der Waals surface area contributed by atoms with Crippen molar-refractivity contribution in [2.45, 2.75) is 46.1 Å². The van der Waals surface area contributed by atoms with Gasteiger partial charge in [0.15, 0.2) is 5.11 Å². The minimum atomic E-state index is -4.39. The molecule has 1 heterocycles. The van der Waals surface area contributed by atoms with Crippen molar-refractivity contribution in [3.8, 4) is 0 Å². The van der Waals surface area contributed by atoms with E-state index in [1.807, 2.05) is 30.9 Å². The molecule has 0 saturated carbocycles. The van der Waals surface area contributed by atoms with Crippen molar-refractivity contribution >= 4 is 33.9 Å². The van der Waals surface area contributed by atoms with Crippen LogP contribution in [0.2, 0.25) is 0 Å². The number of hydrogen-bond donors (Lipinski definition) is 1. The Hall–Kier alpha value is -2.54. The van der Waals surface area contributed by atoms with E-state index in [-0.39, 0.29) is 6.04 Å². The Labute approximate surface area is 174 Å². The summed E-state index contributed by atoms with van der Waals surface area (Å²) >= 11 is 5.55. The maximum Gasteiger partial charge on any atom is 0.416 e. The van der Waals surface area contributed by atoms with E-state index in [4.69, 9.17) is 12.2 Å². The quantitative estimate of drug-likeness (QED) is 0.491. The molecule has 1 N–H and O–H groups in total. The number of rotatable bonds is 5. The second-order valence-corrected chi connectivity index (χ2v) is 7.57. The van der Waals surface area contributed by atoms with Crippen molar-refractivity contribution in [2.75, 3.05) is 5.32 Å². The average molecular weight is 420 g/mol. The van der Waals surface area contributed by atoms with Crippen LogP contribution in [-0.4, -0.2) is 20.6 Å². The minimum Gasteiger partial charge on any atom is -0.347 e. The van der Waals surface area contributed by atoms with Crippen LogP contribution in [-0.2, 0) is 19.3 Å². The molecule has 3 aromatic rings. The van der Waals surface area contributed by atoms with Crippen LogP contribution in [0.4, 0.5) is 18.9 Å². The smallest absolute Gasteiger partial charge is 0.347 e. The minimum absolute atomic E-state index is 0.0736. The topological polar surface area (TPSA) is 20.2 Å². The molecule has 2 aromatic carbocycles. The Bertz CT molecular complexity index is 1010. The molecule has 0 saturated heterocycles. The van der Waals surface area contributed by atoms with Gasteiger partial charge in [0.25, 0.3) is 0 Å². The van der Waals surface area contributed by atoms with Gasteiger partial charge in [0.1, 0.15) is 0 Å². The lowest BCUT2D eigenvalue weighted by Gasteiger charge is -2.29. The summed E-state index contributed by atoms with van der Waals surface area (Å²) in [6, 6.07) is 13.3. The van der Waals surface area contributed by atoms with Crippen molar-refractivity contribution in [3.05, 3.63) is 65.9 Å². The number of thiocarbonyl (C=S) groups is 1. The third kappa shape index (κ3) is 4.72. The summed E-state index contributed by atoms with van der Waals surface area (Å²) in [4.78, 5) is 1.98. The van der Waals surface area contributed by atoms with Crippen LogP contribution >= 0.6 is 12.2 Å². The SMILES string of the molecule is CCn1cc(CN(C(=S)Nc2cccc(C(F)(F)F)c2)C(C)C)c2ccccc21. The molecule has 0 radical (unpaired) electrons. The molecule has 0 atom stereocenters. The van der Waals surface area contributed by atoms with E-state index in [2.05, 4.69) is 35.1 Å². The predicted octanol–water partition coefficient (Wildman–Crippen LogP) is 6.29. The maximum atomic E-state index is 13.0. The Balaban J connectivity index is 1.85. The molecule has 0 amide bonds. The second kappa shape index (κ2) is 8.45. The Morgan fingerprint density at radius 3 is 2.52 bits per heavy atom. The third-order valence-corrected chi connectivity index (χ3v) is 5.21. The number of nitrogens with one attached hydrogen (secondary N) is 1. The van der Waals surface area contributed by atoms with E-state index in [9.17, 15) is 13.2 Å². The fourth-order valence-electron chi connectivity index (χ4n) is 3.35. The molecule has 3 nitrogen and oxygen atoms in total. The first-order chi connectivity index (χ1) is 13.7. The number of para-hydroxylation sites is 1. The Kier molecular flexibility index (Phi) is 6.17. The van der Waals surface area contributed by atoms with Gasteiger partial charge in [-0.25, -0.2) is 0 Å². The number of aryl methyl sites for hydroxylation is 1. The first kappa shape index (κ1) is 21.2. The largest absolute Gasteiger partial charge is 0.416 e. The van der Waals surface area contributed by atoms with Crippen LogP contribution < -0.4 is 5.32 Å². The summed E-state index contributed by atoms with van der Waals surface area (Å²) in [6.07, 6.45) is -2.27. The van der Waals surface area contributed by atoms with Crippen molar-refractivity contribution in [1.82, 2.24) is 9.47 Å². The van der Waals surface area contributed by atoms with Gasteiger partial charge in [0.05, 0.1) is 5.56 Å². The van der Waals surface area contributed by atoms with Gasteiger partial charge in [-0.05, 0) is 62.8 Å². The highest BCUT2D eigenvalue weighted by Crippen LogP contribution is 2.31. The highest BCUT2D eigenvalue weighted by Gasteiger charge is 2.30. The molecule has 0 aliphatic heterocycles. The zero-order valence-electron chi connectivity index (χ0n) is 16.6. The van der Waals surface area contributed by atoms with Gasteiger partial charge < -0.3 is 14.8 Å². The summed E-state index contributed by atoms with van der Waals surface area (Å²) in [5, 5.41) is 4.53. The first-order valence-electron chi connectivity index (χ1n) is 9.52. The lowest BCUT2D eigenvalue weighted by atomic mass is 10.1. The zero-order valence-corrected chi connectivity index (χ0v) is 17.4. The van der Waals surface area contributed by atoms with Gasteiger partial charge in [-0.15, -0.1) is 0 Å². The number of aromatic nitrogens is 1. The molecule has 0 aliphatic carbocycles. The normalized spacial score (nSPS) is 11.8. The van der Waals surface area contributed by atoms with Gasteiger partial charge in [-0.3, -0.25) is 0 Å². The van der Waals surface area contributed by atoms with Crippen LogP contribution in [0.25, 0.3) is 10.9 Å². The summed E-state index contributed by atoms with van der Waals surface area (Å²) in [7, 11) is 0. The van der Waals surface area contributed by atoms with Crippen molar-refractivity contribution in [3.63, 3.8) is 0 Å². The fourth-order valence-corrected chi connectivity index (χ4v) is 3.74. The molecule has 3 rings (SSSR count). The Morgan fingerprint density at radius 1 is 1.14 bits per heavy atom. The molecule has 29 heavy (non-hydrogen) atoms. The second-order valence-electron chi connectivity index (χ2n) is 7.19. The number of halogens is 3. The van der Waals surface area contributed by atoms with Crippen molar-refractivity contribution < 1.29 is 13.2 Å². The number of nitrogens with zero attached hydrogens (tertiary/aromatic N) is 2. The van der Waals surface area contributed by atoms with Gasteiger partial charge in [0, 0.05) is 41.9 Å². The number of anilines is 1. The predicted molar refractivity (Wildman–Crippen MR) is 116 cm³/mol. The molecule has 0 fully saturated rings. The molecule has 0 unspecified atom stereocenters. The molecular formula is C22H24F3N3S. The summed E-state index contributed by atoms with van der Waals surface area (Å²) < 4.78 is 41.2. The molecule has 154 valence electrons. The zero-order chi connectivity index (χ0) is 21.2. The van der Waals surface area contributed by atoms with Crippen LogP contribution in [0.1, 0.15) is 31.9 Å². The van der Waals surface area contributed by atoms with Gasteiger partial charge >= 0.3 is 6.18 Å². The number of benzene rings is 2. The molecule has 1 aromatic heterocycles. The van der Waals surface area contributed by atoms with E-state index in [1.54, 1.807) is 6.07 Å². The fraction of sp³-hybridized carbons (Fsp3) is 0.318. The highest BCUT2D eigenvalue weighted by atomic mass is 32.1. The average Bonchev–Trinajstić information content (AvgIpc) is 3.03. The molecule has 0 spiro atoms. The number of alkyl halides is 3. The van der Waals surface area contributed by atoms with E-state index in [0.717, 1.165) is 35.1 Å². The van der Waals surface area contributed by atoms with E-state index >= 15 is 0 Å². The molecule has 0 bridgehead atoms. The Morgan fingerprint density at radius 2 is 1.86 bits per heavy atom. The van der Waals surface area contributed by atoms with Crippen LogP contribution in [0.15, 0.2) is 54.7 Å².